The number of morpholine rings is 1. The SMILES string of the molecule is COC(=O)c1ccc(N2CCOC(C)(C)C2)c(N)c1. The first-order chi connectivity index (χ1) is 8.93. The highest BCUT2D eigenvalue weighted by molar-refractivity contribution is 5.92. The van der Waals surface area contributed by atoms with Crippen LogP contribution >= 0.6 is 0 Å². The lowest BCUT2D eigenvalue weighted by Gasteiger charge is -2.39. The van der Waals surface area contributed by atoms with E-state index in [-0.39, 0.29) is 11.6 Å². The molecule has 1 aliphatic rings. The third-order valence-electron chi connectivity index (χ3n) is 3.21. The molecule has 0 aromatic heterocycles. The Labute approximate surface area is 113 Å². The van der Waals surface area contributed by atoms with Crippen molar-refractivity contribution >= 4 is 17.3 Å². The topological polar surface area (TPSA) is 64.8 Å². The van der Waals surface area contributed by atoms with Crippen molar-refractivity contribution in [2.45, 2.75) is 19.4 Å². The van der Waals surface area contributed by atoms with Gasteiger partial charge >= 0.3 is 5.97 Å². The van der Waals surface area contributed by atoms with Crippen molar-refractivity contribution in [1.29, 1.82) is 0 Å². The smallest absolute Gasteiger partial charge is 0.337 e. The monoisotopic (exact) mass is 264 g/mol. The standard InChI is InChI=1S/C14H20N2O3/c1-14(2)9-16(6-7-19-14)12-5-4-10(8-11(12)15)13(17)18-3/h4-5,8H,6-7,9,15H2,1-3H3. The Balaban J connectivity index is 2.23. The normalized spacial score (nSPS) is 18.2. The third kappa shape index (κ3) is 2.98. The second kappa shape index (κ2) is 5.09. The Morgan fingerprint density at radius 1 is 1.47 bits per heavy atom. The van der Waals surface area contributed by atoms with Crippen LogP contribution in [-0.4, -0.2) is 38.4 Å². The van der Waals surface area contributed by atoms with E-state index >= 15 is 0 Å². The van der Waals surface area contributed by atoms with Crippen LogP contribution in [0.4, 0.5) is 11.4 Å². The number of hydrogen-bond donors (Lipinski definition) is 1. The summed E-state index contributed by atoms with van der Waals surface area (Å²) in [4.78, 5) is 13.6. The first kappa shape index (κ1) is 13.7. The Bertz CT molecular complexity index is 486. The predicted octanol–water partition coefficient (Wildman–Crippen LogP) is 1.67. The number of hydrogen-bond acceptors (Lipinski definition) is 5. The molecular weight excluding hydrogens is 244 g/mol. The summed E-state index contributed by atoms with van der Waals surface area (Å²) in [7, 11) is 1.36. The van der Waals surface area contributed by atoms with Crippen LogP contribution in [0.5, 0.6) is 0 Å². The van der Waals surface area contributed by atoms with Crippen molar-refractivity contribution in [2.24, 2.45) is 0 Å². The van der Waals surface area contributed by atoms with Gasteiger partial charge in [-0.05, 0) is 32.0 Å². The number of benzene rings is 1. The van der Waals surface area contributed by atoms with Crippen molar-refractivity contribution in [3.63, 3.8) is 0 Å². The van der Waals surface area contributed by atoms with Crippen molar-refractivity contribution in [3.8, 4) is 0 Å². The molecule has 0 bridgehead atoms. The number of ether oxygens (including phenoxy) is 2. The molecule has 5 heteroatoms. The molecule has 1 aliphatic heterocycles. The highest BCUT2D eigenvalue weighted by Crippen LogP contribution is 2.28. The lowest BCUT2D eigenvalue weighted by atomic mass is 10.1. The first-order valence-corrected chi connectivity index (χ1v) is 6.30. The fourth-order valence-electron chi connectivity index (χ4n) is 2.31. The van der Waals surface area contributed by atoms with Gasteiger partial charge in [-0.15, -0.1) is 0 Å². The van der Waals surface area contributed by atoms with E-state index in [2.05, 4.69) is 23.5 Å². The summed E-state index contributed by atoms with van der Waals surface area (Å²) in [5, 5.41) is 0. The van der Waals surface area contributed by atoms with E-state index in [1.165, 1.54) is 7.11 Å². The van der Waals surface area contributed by atoms with Gasteiger partial charge < -0.3 is 20.1 Å². The Hall–Kier alpha value is -1.75. The van der Waals surface area contributed by atoms with Gasteiger partial charge in [0, 0.05) is 13.1 Å². The van der Waals surface area contributed by atoms with Gasteiger partial charge in [-0.25, -0.2) is 4.79 Å². The van der Waals surface area contributed by atoms with E-state index in [1.807, 2.05) is 6.07 Å². The van der Waals surface area contributed by atoms with Crippen LogP contribution in [-0.2, 0) is 9.47 Å². The van der Waals surface area contributed by atoms with Crippen LogP contribution in [0.2, 0.25) is 0 Å². The number of nitrogens with zero attached hydrogens (tertiary/aromatic N) is 1. The fourth-order valence-corrected chi connectivity index (χ4v) is 2.31. The average Bonchev–Trinajstić information content (AvgIpc) is 2.36. The summed E-state index contributed by atoms with van der Waals surface area (Å²) in [5.41, 5.74) is 7.84. The molecule has 1 aromatic rings. The lowest BCUT2D eigenvalue weighted by Crippen LogP contribution is -2.48. The number of rotatable bonds is 2. The van der Waals surface area contributed by atoms with Gasteiger partial charge in [0.25, 0.3) is 0 Å². The minimum absolute atomic E-state index is 0.189. The number of anilines is 2. The van der Waals surface area contributed by atoms with Crippen molar-refractivity contribution in [2.75, 3.05) is 37.4 Å². The van der Waals surface area contributed by atoms with Crippen molar-refractivity contribution in [1.82, 2.24) is 0 Å². The van der Waals surface area contributed by atoms with Crippen LogP contribution in [0.3, 0.4) is 0 Å². The van der Waals surface area contributed by atoms with E-state index in [0.717, 1.165) is 18.8 Å². The number of carbonyl (C=O) groups excluding carboxylic acids is 1. The van der Waals surface area contributed by atoms with Gasteiger partial charge in [-0.2, -0.15) is 0 Å². The van der Waals surface area contributed by atoms with E-state index < -0.39 is 0 Å². The molecule has 2 N–H and O–H groups in total. The second-order valence-corrected chi connectivity index (χ2v) is 5.29. The van der Waals surface area contributed by atoms with Gasteiger partial charge in [-0.3, -0.25) is 0 Å². The lowest BCUT2D eigenvalue weighted by molar-refractivity contribution is -0.0276. The molecule has 1 heterocycles. The van der Waals surface area contributed by atoms with Crippen LogP contribution in [0.15, 0.2) is 18.2 Å². The maximum atomic E-state index is 11.4. The fraction of sp³-hybridized carbons (Fsp3) is 0.500. The van der Waals surface area contributed by atoms with Gasteiger partial charge in [0.2, 0.25) is 0 Å². The minimum Gasteiger partial charge on any atom is -0.465 e. The number of methoxy groups -OCH3 is 1. The summed E-state index contributed by atoms with van der Waals surface area (Å²) in [6.45, 7) is 6.35. The number of nitrogens with two attached hydrogens (primary N) is 1. The van der Waals surface area contributed by atoms with Crippen LogP contribution in [0.1, 0.15) is 24.2 Å². The summed E-state index contributed by atoms with van der Waals surface area (Å²) in [5.74, 6) is -0.374. The van der Waals surface area contributed by atoms with E-state index in [4.69, 9.17) is 10.5 Å². The average molecular weight is 264 g/mol. The van der Waals surface area contributed by atoms with Gasteiger partial charge in [-0.1, -0.05) is 0 Å². The maximum Gasteiger partial charge on any atom is 0.337 e. The van der Waals surface area contributed by atoms with E-state index in [0.29, 0.717) is 17.9 Å². The number of carbonyl (C=O) groups is 1. The van der Waals surface area contributed by atoms with E-state index in [9.17, 15) is 4.79 Å². The number of nitrogen functional groups attached to an aromatic ring is 1. The van der Waals surface area contributed by atoms with Crippen molar-refractivity contribution < 1.29 is 14.3 Å². The highest BCUT2D eigenvalue weighted by Gasteiger charge is 2.28. The Kier molecular flexibility index (Phi) is 3.66. The summed E-state index contributed by atoms with van der Waals surface area (Å²) < 4.78 is 10.4. The summed E-state index contributed by atoms with van der Waals surface area (Å²) >= 11 is 0. The van der Waals surface area contributed by atoms with Crippen LogP contribution in [0, 0.1) is 0 Å². The second-order valence-electron chi connectivity index (χ2n) is 5.29. The molecular formula is C14H20N2O3. The molecule has 1 fully saturated rings. The number of esters is 1. The van der Waals surface area contributed by atoms with Crippen molar-refractivity contribution in [3.05, 3.63) is 23.8 Å². The molecule has 0 saturated carbocycles. The zero-order chi connectivity index (χ0) is 14.0. The molecule has 0 amide bonds. The largest absolute Gasteiger partial charge is 0.465 e. The molecule has 0 unspecified atom stereocenters. The molecule has 0 spiro atoms. The molecule has 19 heavy (non-hydrogen) atoms. The molecule has 1 aromatic carbocycles. The third-order valence-corrected chi connectivity index (χ3v) is 3.21. The zero-order valence-electron chi connectivity index (χ0n) is 11.6. The molecule has 5 nitrogen and oxygen atoms in total. The predicted molar refractivity (Wildman–Crippen MR) is 74.4 cm³/mol. The molecule has 1 saturated heterocycles. The first-order valence-electron chi connectivity index (χ1n) is 6.30. The molecule has 0 radical (unpaired) electrons. The summed E-state index contributed by atoms with van der Waals surface area (Å²) in [6, 6.07) is 5.26. The van der Waals surface area contributed by atoms with Gasteiger partial charge in [0.1, 0.15) is 0 Å². The summed E-state index contributed by atoms with van der Waals surface area (Å²) in [6.07, 6.45) is 0. The van der Waals surface area contributed by atoms with Gasteiger partial charge in [0.15, 0.2) is 0 Å². The molecule has 104 valence electrons. The zero-order valence-corrected chi connectivity index (χ0v) is 11.6. The Morgan fingerprint density at radius 3 is 2.79 bits per heavy atom. The molecule has 0 atom stereocenters. The van der Waals surface area contributed by atoms with Gasteiger partial charge in [0.05, 0.1) is 36.3 Å². The van der Waals surface area contributed by atoms with Crippen LogP contribution in [0.25, 0.3) is 0 Å². The maximum absolute atomic E-state index is 11.4. The highest BCUT2D eigenvalue weighted by atomic mass is 16.5. The van der Waals surface area contributed by atoms with Crippen LogP contribution < -0.4 is 10.6 Å². The Morgan fingerprint density at radius 2 is 2.21 bits per heavy atom. The molecule has 2 rings (SSSR count). The quantitative estimate of drug-likeness (QED) is 0.650. The molecule has 0 aliphatic carbocycles. The minimum atomic E-state index is -0.374. The van der Waals surface area contributed by atoms with E-state index in [1.54, 1.807) is 12.1 Å².